The topological polar surface area (TPSA) is 29.1 Å². The van der Waals surface area contributed by atoms with Crippen LogP contribution in [0.1, 0.15) is 17.8 Å². The normalized spacial score (nSPS) is 12.2. The molecule has 0 aliphatic heterocycles. The third-order valence-corrected chi connectivity index (χ3v) is 5.49. The highest BCUT2D eigenvalue weighted by molar-refractivity contribution is 8.00. The van der Waals surface area contributed by atoms with Crippen molar-refractivity contribution in [2.24, 2.45) is 0 Å². The van der Waals surface area contributed by atoms with Gasteiger partial charge in [0, 0.05) is 9.77 Å². The van der Waals surface area contributed by atoms with Gasteiger partial charge in [-0.3, -0.25) is 4.79 Å². The molecule has 0 radical (unpaired) electrons. The molecule has 0 aliphatic rings. The van der Waals surface area contributed by atoms with E-state index >= 15 is 0 Å². The number of carbonyl (C=O) groups is 1. The summed E-state index contributed by atoms with van der Waals surface area (Å²) < 4.78 is 0. The van der Waals surface area contributed by atoms with Gasteiger partial charge >= 0.3 is 0 Å². The highest BCUT2D eigenvalue weighted by Crippen LogP contribution is 2.24. The Morgan fingerprint density at radius 3 is 2.73 bits per heavy atom. The maximum absolute atomic E-state index is 12.1. The zero-order valence-corrected chi connectivity index (χ0v) is 13.9. The van der Waals surface area contributed by atoms with Gasteiger partial charge in [-0.1, -0.05) is 36.4 Å². The molecule has 0 aliphatic carbocycles. The Morgan fingerprint density at radius 2 is 1.95 bits per heavy atom. The molecule has 0 saturated heterocycles. The average Bonchev–Trinajstić information content (AvgIpc) is 3.07. The summed E-state index contributed by atoms with van der Waals surface area (Å²) in [5, 5.41) is 7.50. The Hall–Kier alpha value is -1.78. The molecule has 22 heavy (non-hydrogen) atoms. The van der Waals surface area contributed by atoms with Gasteiger partial charge in [-0.25, -0.2) is 0 Å². The Bertz CT molecular complexity index is 768. The van der Waals surface area contributed by atoms with Crippen molar-refractivity contribution in [1.29, 1.82) is 0 Å². The van der Waals surface area contributed by atoms with Crippen LogP contribution in [0.25, 0.3) is 10.8 Å². The van der Waals surface area contributed by atoms with Gasteiger partial charge in [0.2, 0.25) is 5.91 Å². The van der Waals surface area contributed by atoms with Gasteiger partial charge in [-0.2, -0.15) is 0 Å². The first kappa shape index (κ1) is 15.1. The minimum absolute atomic E-state index is 0.0686. The molecule has 1 N–H and O–H groups in total. The number of fused-ring (bicyclic) bond motifs is 1. The summed E-state index contributed by atoms with van der Waals surface area (Å²) >= 11 is 3.24. The standard InChI is InChI=1S/C18H17NOS2/c1-13(17-7-4-10-21-17)19-18(20)12-22-16-9-8-14-5-2-3-6-15(14)11-16/h2-11,13H,12H2,1H3,(H,19,20). The lowest BCUT2D eigenvalue weighted by atomic mass is 10.1. The number of rotatable bonds is 5. The van der Waals surface area contributed by atoms with E-state index in [1.807, 2.05) is 36.6 Å². The van der Waals surface area contributed by atoms with Crippen LogP contribution in [-0.2, 0) is 4.79 Å². The SMILES string of the molecule is CC(NC(=O)CSc1ccc2ccccc2c1)c1cccs1. The molecule has 112 valence electrons. The molecule has 4 heteroatoms. The molecule has 3 aromatic rings. The number of thiophene rings is 1. The minimum Gasteiger partial charge on any atom is -0.348 e. The third-order valence-electron chi connectivity index (χ3n) is 3.44. The lowest BCUT2D eigenvalue weighted by molar-refractivity contribution is -0.119. The molecule has 0 fully saturated rings. The predicted molar refractivity (Wildman–Crippen MR) is 95.5 cm³/mol. The molecule has 1 aromatic heterocycles. The fourth-order valence-corrected chi connectivity index (χ4v) is 3.79. The summed E-state index contributed by atoms with van der Waals surface area (Å²) in [4.78, 5) is 14.4. The number of hydrogen-bond acceptors (Lipinski definition) is 3. The Balaban J connectivity index is 1.57. The summed E-state index contributed by atoms with van der Waals surface area (Å²) in [6.45, 7) is 2.02. The van der Waals surface area contributed by atoms with Gasteiger partial charge in [-0.05, 0) is 41.3 Å². The van der Waals surface area contributed by atoms with Crippen molar-refractivity contribution in [3.05, 3.63) is 64.9 Å². The summed E-state index contributed by atoms with van der Waals surface area (Å²) in [5.74, 6) is 0.507. The fourth-order valence-electron chi connectivity index (χ4n) is 2.30. The van der Waals surface area contributed by atoms with Crippen molar-refractivity contribution >= 4 is 39.8 Å². The summed E-state index contributed by atoms with van der Waals surface area (Å²) in [6, 6.07) is 18.7. The first-order valence-corrected chi connectivity index (χ1v) is 9.03. The molecular formula is C18H17NOS2. The zero-order valence-electron chi connectivity index (χ0n) is 12.3. The molecule has 0 spiro atoms. The highest BCUT2D eigenvalue weighted by Gasteiger charge is 2.10. The van der Waals surface area contributed by atoms with Crippen LogP contribution in [0.4, 0.5) is 0 Å². The van der Waals surface area contributed by atoms with Gasteiger partial charge in [0.1, 0.15) is 0 Å². The molecule has 3 rings (SSSR count). The maximum atomic E-state index is 12.1. The van der Waals surface area contributed by atoms with E-state index in [0.717, 1.165) is 4.90 Å². The molecule has 1 unspecified atom stereocenters. The quantitative estimate of drug-likeness (QED) is 0.677. The number of nitrogens with one attached hydrogen (secondary N) is 1. The second-order valence-corrected chi connectivity index (χ2v) is 7.13. The van der Waals surface area contributed by atoms with Crippen LogP contribution in [0.2, 0.25) is 0 Å². The zero-order chi connectivity index (χ0) is 15.4. The Morgan fingerprint density at radius 1 is 1.14 bits per heavy atom. The van der Waals surface area contributed by atoms with Gasteiger partial charge in [0.25, 0.3) is 0 Å². The molecule has 2 nitrogen and oxygen atoms in total. The van der Waals surface area contributed by atoms with Crippen molar-refractivity contribution in [2.45, 2.75) is 17.9 Å². The summed E-state index contributed by atoms with van der Waals surface area (Å²) in [5.41, 5.74) is 0. The van der Waals surface area contributed by atoms with Gasteiger partial charge in [-0.15, -0.1) is 23.1 Å². The predicted octanol–water partition coefficient (Wildman–Crippen LogP) is 4.87. The summed E-state index contributed by atoms with van der Waals surface area (Å²) in [7, 11) is 0. The number of carbonyl (C=O) groups excluding carboxylic acids is 1. The molecule has 0 bridgehead atoms. The van der Waals surface area contributed by atoms with Crippen LogP contribution in [0.5, 0.6) is 0 Å². The fraction of sp³-hybridized carbons (Fsp3) is 0.167. The van der Waals surface area contributed by atoms with Crippen molar-refractivity contribution in [2.75, 3.05) is 5.75 Å². The highest BCUT2D eigenvalue weighted by atomic mass is 32.2. The molecule has 2 aromatic carbocycles. The van der Waals surface area contributed by atoms with E-state index in [1.54, 1.807) is 23.1 Å². The van der Waals surface area contributed by atoms with Crippen LogP contribution in [0.3, 0.4) is 0 Å². The first-order valence-electron chi connectivity index (χ1n) is 7.17. The van der Waals surface area contributed by atoms with E-state index in [2.05, 4.69) is 35.6 Å². The second kappa shape index (κ2) is 6.99. The van der Waals surface area contributed by atoms with Crippen LogP contribution in [-0.4, -0.2) is 11.7 Å². The number of amides is 1. The van der Waals surface area contributed by atoms with Crippen LogP contribution in [0, 0.1) is 0 Å². The van der Waals surface area contributed by atoms with E-state index in [0.29, 0.717) is 5.75 Å². The van der Waals surface area contributed by atoms with Crippen LogP contribution < -0.4 is 5.32 Å². The summed E-state index contributed by atoms with van der Waals surface area (Å²) in [6.07, 6.45) is 0. The third kappa shape index (κ3) is 3.70. The van der Waals surface area contributed by atoms with Crippen LogP contribution >= 0.6 is 23.1 Å². The molecule has 1 heterocycles. The van der Waals surface area contributed by atoms with E-state index < -0.39 is 0 Å². The molecule has 1 atom stereocenters. The van der Waals surface area contributed by atoms with Gasteiger partial charge < -0.3 is 5.32 Å². The smallest absolute Gasteiger partial charge is 0.230 e. The second-order valence-electron chi connectivity index (χ2n) is 5.10. The Labute approximate surface area is 138 Å². The number of thioether (sulfide) groups is 1. The average molecular weight is 327 g/mol. The maximum Gasteiger partial charge on any atom is 0.230 e. The minimum atomic E-state index is 0.0686. The van der Waals surface area contributed by atoms with Gasteiger partial charge in [0.15, 0.2) is 0 Å². The van der Waals surface area contributed by atoms with E-state index in [-0.39, 0.29) is 11.9 Å². The molecular weight excluding hydrogens is 310 g/mol. The van der Waals surface area contributed by atoms with Crippen molar-refractivity contribution in [3.8, 4) is 0 Å². The van der Waals surface area contributed by atoms with Gasteiger partial charge in [0.05, 0.1) is 11.8 Å². The van der Waals surface area contributed by atoms with Crippen molar-refractivity contribution < 1.29 is 4.79 Å². The number of benzene rings is 2. The number of hydrogen-bond donors (Lipinski definition) is 1. The monoisotopic (exact) mass is 327 g/mol. The lowest BCUT2D eigenvalue weighted by Gasteiger charge is -2.12. The lowest BCUT2D eigenvalue weighted by Crippen LogP contribution is -2.27. The van der Waals surface area contributed by atoms with Crippen LogP contribution in [0.15, 0.2) is 64.9 Å². The molecule has 1 amide bonds. The van der Waals surface area contributed by atoms with Crippen molar-refractivity contribution in [1.82, 2.24) is 5.32 Å². The molecule has 0 saturated carbocycles. The van der Waals surface area contributed by atoms with E-state index in [9.17, 15) is 4.79 Å². The largest absolute Gasteiger partial charge is 0.348 e. The first-order chi connectivity index (χ1) is 10.7. The van der Waals surface area contributed by atoms with Crippen molar-refractivity contribution in [3.63, 3.8) is 0 Å². The van der Waals surface area contributed by atoms with E-state index in [4.69, 9.17) is 0 Å². The van der Waals surface area contributed by atoms with E-state index in [1.165, 1.54) is 15.6 Å². The Kier molecular flexibility index (Phi) is 4.80.